The van der Waals surface area contributed by atoms with Crippen molar-refractivity contribution in [3.8, 4) is 62.0 Å². The summed E-state index contributed by atoms with van der Waals surface area (Å²) in [5, 5.41) is 21.3. The first kappa shape index (κ1) is 42.2. The first-order chi connectivity index (χ1) is 36.7. The molecule has 0 bridgehead atoms. The van der Waals surface area contributed by atoms with Gasteiger partial charge in [-0.1, -0.05) is 206 Å². The van der Waals surface area contributed by atoms with Gasteiger partial charge in [-0.05, 0) is 57.6 Å². The highest BCUT2D eigenvalue weighted by Gasteiger charge is 2.33. The lowest BCUT2D eigenvalue weighted by atomic mass is 9.88. The highest BCUT2D eigenvalue weighted by molar-refractivity contribution is 7.27. The highest BCUT2D eigenvalue weighted by atomic mass is 32.1. The molecule has 0 saturated heterocycles. The average Bonchev–Trinajstić information content (AvgIpc) is 4.27. The third-order valence-electron chi connectivity index (χ3n) is 15.0. The summed E-state index contributed by atoms with van der Waals surface area (Å²) in [7, 11) is 0. The summed E-state index contributed by atoms with van der Waals surface area (Å²) in [6, 6.07) is 84.4. The van der Waals surface area contributed by atoms with Crippen LogP contribution in [-0.2, 0) is 0 Å². The second-order valence-electron chi connectivity index (χ2n) is 18.8. The predicted molar refractivity (Wildman–Crippen MR) is 314 cm³/mol. The van der Waals surface area contributed by atoms with Crippen LogP contribution < -0.4 is 0 Å². The zero-order valence-electron chi connectivity index (χ0n) is 39.5. The number of nitriles is 1. The van der Waals surface area contributed by atoms with Gasteiger partial charge < -0.3 is 9.13 Å². The molecule has 74 heavy (non-hydrogen) atoms. The quantitative estimate of drug-likeness (QED) is 0.153. The van der Waals surface area contributed by atoms with Gasteiger partial charge in [0.1, 0.15) is 6.07 Å². The molecule has 0 radical (unpaired) electrons. The number of nitrogens with zero attached hydrogens (tertiary/aromatic N) is 4. The summed E-state index contributed by atoms with van der Waals surface area (Å²) >= 11 is 3.59. The van der Waals surface area contributed by atoms with Crippen LogP contribution >= 0.6 is 22.7 Å². The van der Waals surface area contributed by atoms with E-state index in [2.05, 4.69) is 214 Å². The number of hydrogen-bond donors (Lipinski definition) is 0. The summed E-state index contributed by atoms with van der Waals surface area (Å²) < 4.78 is 9.46. The van der Waals surface area contributed by atoms with Crippen LogP contribution in [0.5, 0.6) is 0 Å². The van der Waals surface area contributed by atoms with Crippen LogP contribution in [0.3, 0.4) is 0 Å². The smallest absolute Gasteiger partial charge is 0.220 e. The van der Waals surface area contributed by atoms with Gasteiger partial charge in [0.2, 0.25) is 5.69 Å². The highest BCUT2D eigenvalue weighted by Crippen LogP contribution is 2.55. The van der Waals surface area contributed by atoms with Crippen molar-refractivity contribution >= 4 is 112 Å². The molecule has 11 aromatic carbocycles. The van der Waals surface area contributed by atoms with Gasteiger partial charge in [-0.3, -0.25) is 0 Å². The Hall–Kier alpha value is -9.56. The molecule has 0 unspecified atom stereocenters. The van der Waals surface area contributed by atoms with Crippen molar-refractivity contribution in [3.05, 3.63) is 248 Å². The molecular weight excluding hydrogens is 937 g/mol. The summed E-state index contributed by atoms with van der Waals surface area (Å²) in [4.78, 5) is 4.67. The summed E-state index contributed by atoms with van der Waals surface area (Å²) in [6.07, 6.45) is 0. The van der Waals surface area contributed by atoms with Crippen molar-refractivity contribution in [2.24, 2.45) is 0 Å². The molecule has 342 valence electrons. The predicted octanol–water partition coefficient (Wildman–Crippen LogP) is 19.7. The lowest BCUT2D eigenvalue weighted by Gasteiger charge is -2.26. The maximum Gasteiger partial charge on any atom is 0.220 e. The summed E-state index contributed by atoms with van der Waals surface area (Å²) in [5.74, 6) is 0. The van der Waals surface area contributed by atoms with Crippen LogP contribution in [0, 0.1) is 17.9 Å². The summed E-state index contributed by atoms with van der Waals surface area (Å²) in [5.41, 5.74) is 13.8. The van der Waals surface area contributed by atoms with Gasteiger partial charge >= 0.3 is 0 Å². The van der Waals surface area contributed by atoms with E-state index in [1.807, 2.05) is 36.4 Å². The summed E-state index contributed by atoms with van der Waals surface area (Å²) in [6.45, 7) is 9.55. The molecule has 15 aromatic rings. The van der Waals surface area contributed by atoms with Crippen LogP contribution in [0.25, 0.3) is 145 Å². The van der Waals surface area contributed by atoms with E-state index in [1.54, 1.807) is 22.7 Å². The third kappa shape index (κ3) is 5.99. The van der Waals surface area contributed by atoms with E-state index < -0.39 is 0 Å². The normalized spacial score (nSPS) is 11.8. The Morgan fingerprint density at radius 3 is 1.24 bits per heavy atom. The Morgan fingerprint density at radius 2 is 0.784 bits per heavy atom. The van der Waals surface area contributed by atoms with E-state index in [0.717, 1.165) is 114 Å². The van der Waals surface area contributed by atoms with Gasteiger partial charge in [0.15, 0.2) is 0 Å². The number of thiophene rings is 2. The SMILES string of the molecule is [C-]#[N+]c1c(-c2ccccc2)c(C#N)c(-n2c3cccc(-c4ccccc4)c3c3ccc4c5ccccc5sc4c32)c(-c2ccccc2)c1-n1c2cccc(-c3ccccc3)c2c2ccc3c4ccccc4sc3c21. The van der Waals surface area contributed by atoms with E-state index in [1.165, 1.54) is 20.2 Å². The van der Waals surface area contributed by atoms with Gasteiger partial charge in [-0.2, -0.15) is 5.26 Å². The Kier molecular flexibility index (Phi) is 9.40. The molecule has 0 saturated carbocycles. The van der Waals surface area contributed by atoms with Crippen molar-refractivity contribution in [2.45, 2.75) is 0 Å². The number of benzene rings is 11. The van der Waals surface area contributed by atoms with E-state index in [0.29, 0.717) is 16.8 Å². The maximum absolute atomic E-state index is 12.2. The minimum atomic E-state index is 0.412. The van der Waals surface area contributed by atoms with Gasteiger partial charge in [0, 0.05) is 63.6 Å². The zero-order chi connectivity index (χ0) is 49.0. The van der Waals surface area contributed by atoms with Crippen LogP contribution in [0.1, 0.15) is 5.56 Å². The van der Waals surface area contributed by atoms with Crippen molar-refractivity contribution < 1.29 is 0 Å². The number of hydrogen-bond acceptors (Lipinski definition) is 3. The van der Waals surface area contributed by atoms with Crippen molar-refractivity contribution in [1.29, 1.82) is 5.26 Å². The Labute approximate surface area is 433 Å². The molecule has 0 fully saturated rings. The molecule has 0 aliphatic rings. The number of rotatable bonds is 6. The second kappa shape index (κ2) is 16.5. The van der Waals surface area contributed by atoms with Gasteiger partial charge in [-0.25, -0.2) is 4.85 Å². The standard InChI is InChI=1S/C68H38N4S2/c1-70-62-58(43-24-10-4-11-25-43)53(40-69)63(71-54-32-18-30-45(41-20-6-2-7-21-41)60(54)51-38-36-49-47-28-14-16-34-56(47)73-67(49)64(51)71)59(44-26-12-5-13-27-44)66(62)72-55-33-19-31-46(42-22-8-3-9-23-42)61(55)52-39-37-50-48-29-15-17-35-57(48)74-68(50)65(52)72/h2-39H. The Balaban J connectivity index is 1.24. The molecule has 0 aliphatic carbocycles. The molecule has 0 amide bonds. The molecule has 0 aliphatic heterocycles. The fraction of sp³-hybridized carbons (Fsp3) is 0. The van der Waals surface area contributed by atoms with Gasteiger partial charge in [0.05, 0.1) is 55.0 Å². The lowest BCUT2D eigenvalue weighted by Crippen LogP contribution is -2.09. The first-order valence-corrected chi connectivity index (χ1v) is 26.3. The molecule has 0 N–H and O–H groups in total. The first-order valence-electron chi connectivity index (χ1n) is 24.7. The average molecular weight is 975 g/mol. The molecule has 4 heterocycles. The monoisotopic (exact) mass is 974 g/mol. The minimum Gasteiger partial charge on any atom is -0.317 e. The van der Waals surface area contributed by atoms with Crippen LogP contribution in [0.4, 0.5) is 5.69 Å². The van der Waals surface area contributed by atoms with E-state index >= 15 is 0 Å². The lowest BCUT2D eigenvalue weighted by molar-refractivity contribution is 1.14. The zero-order valence-corrected chi connectivity index (χ0v) is 41.2. The molecule has 0 atom stereocenters. The maximum atomic E-state index is 12.2. The fourth-order valence-corrected chi connectivity index (χ4v) is 14.5. The van der Waals surface area contributed by atoms with Crippen molar-refractivity contribution in [1.82, 2.24) is 9.13 Å². The van der Waals surface area contributed by atoms with Gasteiger partial charge in [0.25, 0.3) is 0 Å². The van der Waals surface area contributed by atoms with Crippen LogP contribution in [0.15, 0.2) is 231 Å². The largest absolute Gasteiger partial charge is 0.317 e. The number of aromatic nitrogens is 2. The molecule has 6 heteroatoms. The number of fused-ring (bicyclic) bond motifs is 14. The topological polar surface area (TPSA) is 38.0 Å². The third-order valence-corrected chi connectivity index (χ3v) is 17.4. The van der Waals surface area contributed by atoms with Crippen LogP contribution in [0.2, 0.25) is 0 Å². The van der Waals surface area contributed by atoms with E-state index in [9.17, 15) is 11.8 Å². The van der Waals surface area contributed by atoms with E-state index in [-0.39, 0.29) is 0 Å². The molecule has 4 aromatic heterocycles. The van der Waals surface area contributed by atoms with Crippen molar-refractivity contribution in [2.75, 3.05) is 0 Å². The van der Waals surface area contributed by atoms with Crippen LogP contribution in [-0.4, -0.2) is 9.13 Å². The molecule has 0 spiro atoms. The van der Waals surface area contributed by atoms with Gasteiger partial charge in [-0.15, -0.1) is 22.7 Å². The Morgan fingerprint density at radius 1 is 0.378 bits per heavy atom. The Bertz CT molecular complexity index is 4620. The minimum absolute atomic E-state index is 0.412. The van der Waals surface area contributed by atoms with Crippen molar-refractivity contribution in [3.63, 3.8) is 0 Å². The molecule has 4 nitrogen and oxygen atoms in total. The molecular formula is C68H38N4S2. The fourth-order valence-electron chi connectivity index (χ4n) is 12.0. The second-order valence-corrected chi connectivity index (χ2v) is 20.9. The van der Waals surface area contributed by atoms with E-state index in [4.69, 9.17) is 0 Å². The molecule has 15 rings (SSSR count).